The first kappa shape index (κ1) is 54.0. The van der Waals surface area contributed by atoms with Crippen LogP contribution < -0.4 is 43.3 Å². The number of rotatable bonds is 10. The maximum atomic E-state index is 6.15. The second-order valence-corrected chi connectivity index (χ2v) is 23.6. The first-order valence-corrected chi connectivity index (χ1v) is 27.1. The Morgan fingerprint density at radius 1 is 0.319 bits per heavy atom. The van der Waals surface area contributed by atoms with Crippen LogP contribution in [0, 0.1) is 55.4 Å². The van der Waals surface area contributed by atoms with E-state index in [0.717, 1.165) is 11.1 Å². The monoisotopic (exact) mass is 1060 g/mol. The third-order valence-electron chi connectivity index (χ3n) is 13.3. The smallest absolute Gasteiger partial charge is 1.00 e. The Labute approximate surface area is 446 Å². The third-order valence-corrected chi connectivity index (χ3v) is 18.3. The Morgan fingerprint density at radius 2 is 0.653 bits per heavy atom. The topological polar surface area (TPSA) is 52.0 Å². The molecule has 359 valence electrons. The number of fused-ring (bicyclic) bond motifs is 2. The summed E-state index contributed by atoms with van der Waals surface area (Å²) in [4.78, 5) is 0. The SMILES string of the molecule is Cc1cc(C)cc(P(c2cc(C)cc(C)c2)c2ccc3ccccc3c2-c2c(P(c3cc(C)cc(C)c3)c3ccc(C)cc3C)ccc3ccccc23)c1.N[C@@H](c1ccccc1)[C@@H](N)c1ccccc1.[B-].[Ru+]. The zero-order valence-electron chi connectivity index (χ0n) is 42.8. The van der Waals surface area contributed by atoms with Crippen molar-refractivity contribution in [3.8, 4) is 11.1 Å². The molecule has 72 heavy (non-hydrogen) atoms. The molecule has 10 aromatic rings. The Kier molecular flexibility index (Phi) is 17.9. The van der Waals surface area contributed by atoms with Gasteiger partial charge in [0, 0.05) is 12.1 Å². The normalized spacial score (nSPS) is 12.3. The van der Waals surface area contributed by atoms with E-state index in [0.29, 0.717) is 0 Å². The number of aryl methyl sites for hydroxylation is 8. The number of nitrogens with two attached hydrogens (primary N) is 2. The Balaban J connectivity index is 0.000000360. The van der Waals surface area contributed by atoms with Crippen LogP contribution in [0.2, 0.25) is 0 Å². The molecule has 0 bridgehead atoms. The van der Waals surface area contributed by atoms with E-state index in [-0.39, 0.29) is 40.0 Å². The summed E-state index contributed by atoms with van der Waals surface area (Å²) in [6, 6.07) is 76.1. The maximum Gasteiger partial charge on any atom is 1.00 e. The summed E-state index contributed by atoms with van der Waals surface area (Å²) in [5, 5.41) is 13.6. The van der Waals surface area contributed by atoms with Crippen LogP contribution in [-0.4, -0.2) is 8.41 Å². The van der Waals surface area contributed by atoms with Crippen molar-refractivity contribution < 1.29 is 19.5 Å². The van der Waals surface area contributed by atoms with E-state index in [1.807, 2.05) is 60.7 Å². The number of hydrogen-bond donors (Lipinski definition) is 2. The summed E-state index contributed by atoms with van der Waals surface area (Å²) in [6.07, 6.45) is 0. The van der Waals surface area contributed by atoms with Crippen molar-refractivity contribution in [3.63, 3.8) is 0 Å². The molecular formula is C66H64BN2P2Ru. The molecule has 0 spiro atoms. The zero-order valence-corrected chi connectivity index (χ0v) is 46.3. The molecule has 0 aromatic heterocycles. The summed E-state index contributed by atoms with van der Waals surface area (Å²) < 4.78 is 0. The van der Waals surface area contributed by atoms with Crippen molar-refractivity contribution in [1.82, 2.24) is 0 Å². The molecule has 6 heteroatoms. The Bertz CT molecular complexity index is 3330. The molecule has 0 aliphatic heterocycles. The van der Waals surface area contributed by atoms with Crippen LogP contribution in [0.15, 0.2) is 206 Å². The molecule has 0 amide bonds. The van der Waals surface area contributed by atoms with Crippen molar-refractivity contribution in [2.24, 2.45) is 11.5 Å². The van der Waals surface area contributed by atoms with Crippen LogP contribution in [0.3, 0.4) is 0 Å². The van der Waals surface area contributed by atoms with Crippen molar-refractivity contribution in [3.05, 3.63) is 262 Å². The van der Waals surface area contributed by atoms with Crippen molar-refractivity contribution >= 4 is 77.6 Å². The molecule has 0 fully saturated rings. The van der Waals surface area contributed by atoms with Gasteiger partial charge in [0.1, 0.15) is 0 Å². The molecule has 4 N–H and O–H groups in total. The molecule has 0 saturated heterocycles. The van der Waals surface area contributed by atoms with E-state index in [1.54, 1.807) is 0 Å². The van der Waals surface area contributed by atoms with Crippen LogP contribution in [0.4, 0.5) is 0 Å². The molecule has 1 unspecified atom stereocenters. The van der Waals surface area contributed by atoms with E-state index in [4.69, 9.17) is 11.5 Å². The van der Waals surface area contributed by atoms with Gasteiger partial charge >= 0.3 is 19.5 Å². The van der Waals surface area contributed by atoms with E-state index >= 15 is 0 Å². The maximum absolute atomic E-state index is 6.15. The Hall–Kier alpha value is -5.81. The molecule has 10 aromatic carbocycles. The molecule has 5 radical (unpaired) electrons. The average Bonchev–Trinajstić information content (AvgIpc) is 3.34. The average molecular weight is 1060 g/mol. The number of hydrogen-bond acceptors (Lipinski definition) is 2. The fraction of sp³-hybridized carbons (Fsp3) is 0.152. The van der Waals surface area contributed by atoms with Gasteiger partial charge in [-0.25, -0.2) is 0 Å². The van der Waals surface area contributed by atoms with Gasteiger partial charge in [0.05, 0.1) is 0 Å². The predicted octanol–water partition coefficient (Wildman–Crippen LogP) is 13.6. The molecule has 0 heterocycles. The quantitative estimate of drug-likeness (QED) is 0.106. The Morgan fingerprint density at radius 3 is 1.04 bits per heavy atom. The van der Waals surface area contributed by atoms with Crippen LogP contribution in [-0.2, 0) is 19.5 Å². The summed E-state index contributed by atoms with van der Waals surface area (Å²) in [7, 11) is -1.88. The van der Waals surface area contributed by atoms with Crippen LogP contribution in [0.5, 0.6) is 0 Å². The van der Waals surface area contributed by atoms with Gasteiger partial charge in [-0.05, 0) is 152 Å². The van der Waals surface area contributed by atoms with E-state index in [1.165, 1.54) is 109 Å². The fourth-order valence-electron chi connectivity index (χ4n) is 10.3. The van der Waals surface area contributed by atoms with Gasteiger partial charge in [-0.1, -0.05) is 245 Å². The first-order chi connectivity index (χ1) is 33.8. The minimum absolute atomic E-state index is 0. The van der Waals surface area contributed by atoms with Gasteiger partial charge in [-0.3, -0.25) is 0 Å². The minimum atomic E-state index is -0.938. The summed E-state index contributed by atoms with van der Waals surface area (Å²) in [5.74, 6) is 0. The summed E-state index contributed by atoms with van der Waals surface area (Å²) in [6.45, 7) is 18.0. The van der Waals surface area contributed by atoms with Crippen LogP contribution >= 0.6 is 15.8 Å². The van der Waals surface area contributed by atoms with Gasteiger partial charge in [0.25, 0.3) is 0 Å². The van der Waals surface area contributed by atoms with Gasteiger partial charge in [0.15, 0.2) is 0 Å². The minimum Gasteiger partial charge on any atom is -1.00 e. The molecule has 2 nitrogen and oxygen atoms in total. The summed E-state index contributed by atoms with van der Waals surface area (Å²) >= 11 is 0. The standard InChI is InChI=1S/C52H48P2.C14H16N2.B.Ru/c1-33-17-20-48(40(8)26-33)54(45-31-38(6)25-39(7)32-45)50-22-19-42-14-10-12-16-47(42)52(50)51-46-15-11-9-13-41(46)18-21-49(51)53(43-27-34(2)23-35(3)28-43)44-29-36(4)24-37(5)30-44;15-13(11-7-3-1-4-8-11)14(16)12-9-5-2-6-10-12;;/h9-32H,1-8H3;1-10,13-14H,15-16H2;;/q;;-1;+1/t;13-,14-;;/m.0../s1. The molecular weight excluding hydrogens is 995 g/mol. The summed E-state index contributed by atoms with van der Waals surface area (Å²) in [5.41, 5.74) is 27.7. The number of benzene rings is 10. The molecule has 3 atom stereocenters. The fourth-order valence-corrected chi connectivity index (χ4v) is 16.0. The van der Waals surface area contributed by atoms with Gasteiger partial charge in [-0.15, -0.1) is 0 Å². The van der Waals surface area contributed by atoms with Gasteiger partial charge in [0.2, 0.25) is 0 Å². The molecule has 0 saturated carbocycles. The first-order valence-electron chi connectivity index (χ1n) is 24.4. The molecule has 10 rings (SSSR count). The van der Waals surface area contributed by atoms with E-state index < -0.39 is 15.8 Å². The largest absolute Gasteiger partial charge is 1.00 e. The molecule has 0 aliphatic carbocycles. The molecule has 0 aliphatic rings. The van der Waals surface area contributed by atoms with Gasteiger partial charge < -0.3 is 19.9 Å². The van der Waals surface area contributed by atoms with Crippen molar-refractivity contribution in [2.75, 3.05) is 0 Å². The zero-order chi connectivity index (χ0) is 49.1. The van der Waals surface area contributed by atoms with Crippen molar-refractivity contribution in [2.45, 2.75) is 67.5 Å². The van der Waals surface area contributed by atoms with Crippen molar-refractivity contribution in [1.29, 1.82) is 0 Å². The van der Waals surface area contributed by atoms with Crippen LogP contribution in [0.25, 0.3) is 32.7 Å². The second kappa shape index (κ2) is 23.8. The van der Waals surface area contributed by atoms with Crippen LogP contribution in [0.1, 0.15) is 67.7 Å². The second-order valence-electron chi connectivity index (χ2n) is 19.2. The third kappa shape index (κ3) is 11.8. The predicted molar refractivity (Wildman–Crippen MR) is 315 cm³/mol. The van der Waals surface area contributed by atoms with Gasteiger partial charge in [-0.2, -0.15) is 0 Å². The van der Waals surface area contributed by atoms with E-state index in [9.17, 15) is 0 Å². The van der Waals surface area contributed by atoms with E-state index in [2.05, 4.69) is 201 Å².